The highest BCUT2D eigenvalue weighted by atomic mass is 127. The van der Waals surface area contributed by atoms with Gasteiger partial charge in [0.15, 0.2) is 5.96 Å². The second-order valence-corrected chi connectivity index (χ2v) is 7.96. The molecule has 7 heteroatoms. The topological polar surface area (TPSA) is 61.8 Å². The van der Waals surface area contributed by atoms with Gasteiger partial charge in [-0.3, -0.25) is 9.88 Å². The monoisotopic (exact) mass is 503 g/mol. The number of hydrogen-bond donors (Lipinski definition) is 2. The summed E-state index contributed by atoms with van der Waals surface area (Å²) < 4.78 is 5.50. The number of pyridine rings is 1. The van der Waals surface area contributed by atoms with Crippen LogP contribution >= 0.6 is 24.0 Å². The van der Waals surface area contributed by atoms with E-state index in [1.807, 2.05) is 20.0 Å². The van der Waals surface area contributed by atoms with Crippen LogP contribution in [-0.4, -0.2) is 54.7 Å². The van der Waals surface area contributed by atoms with Crippen LogP contribution in [0.25, 0.3) is 0 Å². The molecule has 0 aromatic carbocycles. The minimum absolute atomic E-state index is 0. The molecule has 1 aliphatic heterocycles. The molecule has 1 aromatic heterocycles. The molecule has 1 fully saturated rings. The number of methoxy groups -OCH3 is 1. The van der Waals surface area contributed by atoms with Gasteiger partial charge < -0.3 is 15.4 Å². The Bertz CT molecular complexity index is 642. The predicted molar refractivity (Wildman–Crippen MR) is 128 cm³/mol. The summed E-state index contributed by atoms with van der Waals surface area (Å²) >= 11 is 0. The Morgan fingerprint density at radius 3 is 2.50 bits per heavy atom. The molecule has 2 heterocycles. The third-order valence-corrected chi connectivity index (χ3v) is 5.38. The van der Waals surface area contributed by atoms with Gasteiger partial charge in [-0.05, 0) is 60.5 Å². The largest absolute Gasteiger partial charge is 0.496 e. The number of piperidine rings is 1. The summed E-state index contributed by atoms with van der Waals surface area (Å²) in [6.45, 7) is 15.4. The Kier molecular flexibility index (Phi) is 10.5. The van der Waals surface area contributed by atoms with Gasteiger partial charge in [0.05, 0.1) is 19.3 Å². The van der Waals surface area contributed by atoms with Gasteiger partial charge in [0.1, 0.15) is 5.75 Å². The van der Waals surface area contributed by atoms with Crippen molar-refractivity contribution in [2.45, 2.75) is 66.0 Å². The van der Waals surface area contributed by atoms with Gasteiger partial charge in [-0.1, -0.05) is 6.42 Å². The van der Waals surface area contributed by atoms with E-state index in [2.05, 4.69) is 41.3 Å². The van der Waals surface area contributed by atoms with E-state index in [0.29, 0.717) is 6.54 Å². The maximum absolute atomic E-state index is 5.50. The van der Waals surface area contributed by atoms with Crippen molar-refractivity contribution in [3.8, 4) is 5.75 Å². The van der Waals surface area contributed by atoms with E-state index in [1.54, 1.807) is 7.11 Å². The number of guanidine groups is 1. The molecule has 2 rings (SSSR count). The first-order valence-electron chi connectivity index (χ1n) is 10.2. The number of halogens is 1. The maximum atomic E-state index is 5.50. The number of aromatic nitrogens is 1. The Balaban J connectivity index is 0.00000392. The van der Waals surface area contributed by atoms with E-state index in [-0.39, 0.29) is 29.5 Å². The van der Waals surface area contributed by atoms with Crippen molar-refractivity contribution in [3.05, 3.63) is 23.0 Å². The lowest BCUT2D eigenvalue weighted by Crippen LogP contribution is -2.54. The highest BCUT2D eigenvalue weighted by Crippen LogP contribution is 2.24. The minimum atomic E-state index is 0. The van der Waals surface area contributed by atoms with Gasteiger partial charge in [-0.15, -0.1) is 24.0 Å². The molecule has 1 saturated heterocycles. The fourth-order valence-corrected chi connectivity index (χ4v) is 3.64. The molecule has 6 nitrogen and oxygen atoms in total. The van der Waals surface area contributed by atoms with Crippen LogP contribution in [0.15, 0.2) is 11.2 Å². The van der Waals surface area contributed by atoms with Crippen molar-refractivity contribution < 1.29 is 4.74 Å². The van der Waals surface area contributed by atoms with Crippen LogP contribution in [0.4, 0.5) is 0 Å². The van der Waals surface area contributed by atoms with Crippen molar-refractivity contribution >= 4 is 29.9 Å². The number of likely N-dealkylation sites (tertiary alicyclic amines) is 1. The molecule has 0 amide bonds. The molecule has 1 aliphatic rings. The van der Waals surface area contributed by atoms with Gasteiger partial charge >= 0.3 is 0 Å². The molecule has 28 heavy (non-hydrogen) atoms. The number of nitrogens with zero attached hydrogens (tertiary/aromatic N) is 3. The zero-order valence-electron chi connectivity index (χ0n) is 18.4. The Morgan fingerprint density at radius 1 is 1.21 bits per heavy atom. The summed E-state index contributed by atoms with van der Waals surface area (Å²) in [5.41, 5.74) is 3.17. The first-order valence-corrected chi connectivity index (χ1v) is 10.2. The van der Waals surface area contributed by atoms with Crippen molar-refractivity contribution in [2.24, 2.45) is 4.99 Å². The normalized spacial score (nSPS) is 15.7. The van der Waals surface area contributed by atoms with Gasteiger partial charge in [0.25, 0.3) is 0 Å². The van der Waals surface area contributed by atoms with E-state index in [0.717, 1.165) is 41.6 Å². The van der Waals surface area contributed by atoms with Crippen LogP contribution in [0.3, 0.4) is 0 Å². The van der Waals surface area contributed by atoms with Crippen LogP contribution in [0.2, 0.25) is 0 Å². The number of aliphatic imine (C=N–C) groups is 1. The molecule has 2 N–H and O–H groups in total. The molecule has 0 atom stereocenters. The first kappa shape index (κ1) is 24.9. The van der Waals surface area contributed by atoms with Crippen LogP contribution < -0.4 is 15.4 Å². The van der Waals surface area contributed by atoms with Gasteiger partial charge in [-0.25, -0.2) is 4.99 Å². The second-order valence-electron chi connectivity index (χ2n) is 7.96. The average molecular weight is 503 g/mol. The summed E-state index contributed by atoms with van der Waals surface area (Å²) in [6.07, 6.45) is 5.82. The van der Waals surface area contributed by atoms with Gasteiger partial charge in [0.2, 0.25) is 0 Å². The third-order valence-electron chi connectivity index (χ3n) is 5.38. The fourth-order valence-electron chi connectivity index (χ4n) is 3.64. The summed E-state index contributed by atoms with van der Waals surface area (Å²) in [4.78, 5) is 11.9. The molecule has 1 aromatic rings. The third kappa shape index (κ3) is 6.76. The van der Waals surface area contributed by atoms with Gasteiger partial charge in [0, 0.05) is 36.0 Å². The molecule has 0 bridgehead atoms. The van der Waals surface area contributed by atoms with Crippen molar-refractivity contribution in [2.75, 3.05) is 33.3 Å². The van der Waals surface area contributed by atoms with E-state index in [9.17, 15) is 0 Å². The van der Waals surface area contributed by atoms with Crippen LogP contribution in [0.5, 0.6) is 5.75 Å². The highest BCUT2D eigenvalue weighted by molar-refractivity contribution is 14.0. The molecule has 0 unspecified atom stereocenters. The second kappa shape index (κ2) is 11.8. The molecule has 0 saturated carbocycles. The van der Waals surface area contributed by atoms with Crippen molar-refractivity contribution in [1.82, 2.24) is 20.5 Å². The predicted octanol–water partition coefficient (Wildman–Crippen LogP) is 3.64. The van der Waals surface area contributed by atoms with E-state index < -0.39 is 0 Å². The Labute approximate surface area is 187 Å². The summed E-state index contributed by atoms with van der Waals surface area (Å²) in [5, 5.41) is 6.88. The number of ether oxygens (including phenoxy) is 1. The van der Waals surface area contributed by atoms with E-state index >= 15 is 0 Å². The van der Waals surface area contributed by atoms with Crippen LogP contribution in [0, 0.1) is 13.8 Å². The summed E-state index contributed by atoms with van der Waals surface area (Å²) in [7, 11) is 1.71. The maximum Gasteiger partial charge on any atom is 0.191 e. The summed E-state index contributed by atoms with van der Waals surface area (Å²) in [6, 6.07) is 0. The van der Waals surface area contributed by atoms with E-state index in [4.69, 9.17) is 9.73 Å². The molecular formula is C21H38IN5O. The Hall–Kier alpha value is -1.09. The molecule has 0 spiro atoms. The number of nitrogens with one attached hydrogen (secondary N) is 2. The lowest BCUT2D eigenvalue weighted by molar-refractivity contribution is 0.0982. The van der Waals surface area contributed by atoms with Crippen molar-refractivity contribution in [1.29, 1.82) is 0 Å². The Morgan fingerprint density at radius 2 is 1.89 bits per heavy atom. The fraction of sp³-hybridized carbons (Fsp3) is 0.714. The van der Waals surface area contributed by atoms with Crippen LogP contribution in [-0.2, 0) is 6.54 Å². The molecule has 0 aliphatic carbocycles. The zero-order chi connectivity index (χ0) is 19.9. The quantitative estimate of drug-likeness (QED) is 0.338. The van der Waals surface area contributed by atoms with Crippen LogP contribution in [0.1, 0.15) is 56.9 Å². The minimum Gasteiger partial charge on any atom is -0.496 e. The van der Waals surface area contributed by atoms with Crippen molar-refractivity contribution in [3.63, 3.8) is 0 Å². The molecular weight excluding hydrogens is 465 g/mol. The number of rotatable bonds is 7. The first-order chi connectivity index (χ1) is 12.9. The highest BCUT2D eigenvalue weighted by Gasteiger charge is 2.27. The zero-order valence-corrected chi connectivity index (χ0v) is 20.7. The number of aryl methyl sites for hydroxylation is 1. The molecule has 0 radical (unpaired) electrons. The smallest absolute Gasteiger partial charge is 0.191 e. The van der Waals surface area contributed by atoms with E-state index in [1.165, 1.54) is 32.4 Å². The molecule has 160 valence electrons. The SMILES string of the molecule is CCNC(=NCc1ncc(C)c(OC)c1C)NCC(C)(C)N1CCCCC1.I. The lowest BCUT2D eigenvalue weighted by Gasteiger charge is -2.41. The number of hydrogen-bond acceptors (Lipinski definition) is 4. The average Bonchev–Trinajstić information content (AvgIpc) is 2.66. The summed E-state index contributed by atoms with van der Waals surface area (Å²) in [5.74, 6) is 1.74. The van der Waals surface area contributed by atoms with Gasteiger partial charge in [-0.2, -0.15) is 0 Å². The lowest BCUT2D eigenvalue weighted by atomic mass is 9.98. The standard InChI is InChI=1S/C21H37N5O.HI/c1-7-22-20(25-15-21(4,5)26-11-9-8-10-12-26)24-14-18-17(3)19(27-6)16(2)13-23-18;/h13H,7-12,14-15H2,1-6H3,(H2,22,24,25);1H.